The lowest BCUT2D eigenvalue weighted by Crippen LogP contribution is -2.40. The van der Waals surface area contributed by atoms with Gasteiger partial charge in [0.15, 0.2) is 0 Å². The lowest BCUT2D eigenvalue weighted by molar-refractivity contribution is -0.0345. The molecule has 4 bridgehead atoms. The molecule has 2 unspecified atom stereocenters. The van der Waals surface area contributed by atoms with Gasteiger partial charge in [-0.3, -0.25) is 0 Å². The Kier molecular flexibility index (Phi) is 1.79. The molecule has 2 heteroatoms. The van der Waals surface area contributed by atoms with E-state index in [1.54, 1.807) is 5.92 Å². The van der Waals surface area contributed by atoms with Crippen molar-refractivity contribution in [2.24, 2.45) is 5.92 Å². The van der Waals surface area contributed by atoms with Crippen LogP contribution in [0.3, 0.4) is 0 Å². The van der Waals surface area contributed by atoms with Crippen LogP contribution in [-0.2, 0) is 9.47 Å². The van der Waals surface area contributed by atoms with Gasteiger partial charge in [0.25, 0.3) is 0 Å². The number of rotatable bonds is 1. The second kappa shape index (κ2) is 2.98. The van der Waals surface area contributed by atoms with E-state index >= 15 is 0 Å². The Balaban J connectivity index is 1.61. The van der Waals surface area contributed by atoms with Crippen LogP contribution in [0, 0.1) is 11.8 Å². The first-order valence-electron chi connectivity index (χ1n) is 6.50. The predicted octanol–water partition coefficient (Wildman–Crippen LogP) is 2.47. The molecule has 0 N–H and O–H groups in total. The molecule has 2 nitrogen and oxygen atoms in total. The first kappa shape index (κ1) is 9.00. The van der Waals surface area contributed by atoms with Gasteiger partial charge >= 0.3 is 0 Å². The minimum Gasteiger partial charge on any atom is -0.378 e. The number of hydrogen-bond acceptors (Lipinski definition) is 2. The van der Waals surface area contributed by atoms with Gasteiger partial charge in [-0.2, -0.15) is 0 Å². The average Bonchev–Trinajstić information content (AvgIpc) is 2.95. The quantitative estimate of drug-likeness (QED) is 0.657. The van der Waals surface area contributed by atoms with Crippen LogP contribution in [0.15, 0.2) is 0 Å². The van der Waals surface area contributed by atoms with Crippen LogP contribution in [-0.4, -0.2) is 24.4 Å². The van der Waals surface area contributed by atoms with Crippen LogP contribution in [0.4, 0.5) is 0 Å². The van der Waals surface area contributed by atoms with Crippen molar-refractivity contribution in [2.45, 2.75) is 62.8 Å². The monoisotopic (exact) mass is 207 g/mol. The Bertz CT molecular complexity index is 268. The van der Waals surface area contributed by atoms with Crippen molar-refractivity contribution in [3.63, 3.8) is 0 Å². The molecule has 3 aliphatic heterocycles. The summed E-state index contributed by atoms with van der Waals surface area (Å²) in [5, 5.41) is 0. The smallest absolute Gasteiger partial charge is 0.0722 e. The lowest BCUT2D eigenvalue weighted by Gasteiger charge is -2.39. The maximum Gasteiger partial charge on any atom is 0.0722 e. The molecular formula is C13H19O2. The Morgan fingerprint density at radius 2 is 1.87 bits per heavy atom. The molecule has 0 aromatic carbocycles. The van der Waals surface area contributed by atoms with E-state index in [1.165, 1.54) is 44.9 Å². The van der Waals surface area contributed by atoms with E-state index < -0.39 is 0 Å². The minimum absolute atomic E-state index is 0.263. The third-order valence-corrected chi connectivity index (χ3v) is 5.08. The van der Waals surface area contributed by atoms with Gasteiger partial charge in [-0.25, -0.2) is 0 Å². The molecule has 3 saturated heterocycles. The Labute approximate surface area is 91.3 Å². The standard InChI is InChI=1S/C13H19O2/c1-2-12(9-7-11(1)14-8-9)13-5-3-10(15-13)4-6-13/h10-12H,1-8H2. The number of hydrogen-bond donors (Lipinski definition) is 0. The molecule has 2 atom stereocenters. The predicted molar refractivity (Wildman–Crippen MR) is 56.4 cm³/mol. The first-order valence-corrected chi connectivity index (χ1v) is 6.50. The minimum atomic E-state index is 0.263. The van der Waals surface area contributed by atoms with E-state index in [9.17, 15) is 0 Å². The number of ether oxygens (including phenoxy) is 2. The summed E-state index contributed by atoms with van der Waals surface area (Å²) < 4.78 is 12.1. The average molecular weight is 207 g/mol. The summed E-state index contributed by atoms with van der Waals surface area (Å²) in [5.74, 6) is 2.41. The van der Waals surface area contributed by atoms with E-state index in [2.05, 4.69) is 0 Å². The maximum absolute atomic E-state index is 6.27. The van der Waals surface area contributed by atoms with E-state index in [4.69, 9.17) is 9.47 Å². The zero-order chi connectivity index (χ0) is 9.88. The van der Waals surface area contributed by atoms with Crippen molar-refractivity contribution in [1.82, 2.24) is 0 Å². The number of fused-ring (bicyclic) bond motifs is 4. The molecule has 4 aliphatic rings. The molecular weight excluding hydrogens is 188 g/mol. The third-order valence-electron chi connectivity index (χ3n) is 5.08. The molecule has 0 amide bonds. The first-order chi connectivity index (χ1) is 7.36. The van der Waals surface area contributed by atoms with Gasteiger partial charge in [0, 0.05) is 5.92 Å². The van der Waals surface area contributed by atoms with Crippen LogP contribution in [0.25, 0.3) is 0 Å². The fourth-order valence-corrected chi connectivity index (χ4v) is 4.33. The van der Waals surface area contributed by atoms with Crippen molar-refractivity contribution < 1.29 is 9.47 Å². The van der Waals surface area contributed by atoms with Gasteiger partial charge in [-0.05, 0) is 50.9 Å². The van der Waals surface area contributed by atoms with Crippen LogP contribution in [0.5, 0.6) is 0 Å². The van der Waals surface area contributed by atoms with Gasteiger partial charge in [-0.15, -0.1) is 0 Å². The summed E-state index contributed by atoms with van der Waals surface area (Å²) in [6.07, 6.45) is 10.3. The highest BCUT2D eigenvalue weighted by Gasteiger charge is 2.55. The summed E-state index contributed by atoms with van der Waals surface area (Å²) in [6, 6.07) is 0. The summed E-state index contributed by atoms with van der Waals surface area (Å²) in [5.41, 5.74) is 0.263. The fraction of sp³-hybridized carbons (Fsp3) is 0.923. The Morgan fingerprint density at radius 3 is 2.60 bits per heavy atom. The van der Waals surface area contributed by atoms with Crippen LogP contribution < -0.4 is 0 Å². The molecule has 15 heavy (non-hydrogen) atoms. The molecule has 1 saturated carbocycles. The van der Waals surface area contributed by atoms with Crippen LogP contribution >= 0.6 is 0 Å². The highest BCUT2D eigenvalue weighted by Crippen LogP contribution is 2.55. The van der Waals surface area contributed by atoms with Gasteiger partial charge in [0.1, 0.15) is 0 Å². The normalized spacial score (nSPS) is 54.0. The Hall–Kier alpha value is -0.0800. The molecule has 0 spiro atoms. The fourth-order valence-electron chi connectivity index (χ4n) is 4.33. The topological polar surface area (TPSA) is 18.5 Å². The molecule has 0 aromatic heterocycles. The van der Waals surface area contributed by atoms with Crippen molar-refractivity contribution in [3.05, 3.63) is 5.92 Å². The van der Waals surface area contributed by atoms with E-state index in [-0.39, 0.29) is 5.60 Å². The summed E-state index contributed by atoms with van der Waals surface area (Å²) in [6.45, 7) is 0.936. The maximum atomic E-state index is 6.27. The van der Waals surface area contributed by atoms with Gasteiger partial charge in [-0.1, -0.05) is 0 Å². The van der Waals surface area contributed by atoms with Gasteiger partial charge in [0.2, 0.25) is 0 Å². The largest absolute Gasteiger partial charge is 0.378 e. The zero-order valence-corrected chi connectivity index (χ0v) is 9.21. The van der Waals surface area contributed by atoms with Crippen LogP contribution in [0.1, 0.15) is 44.9 Å². The second-order valence-corrected chi connectivity index (χ2v) is 5.81. The lowest BCUT2D eigenvalue weighted by atomic mass is 9.67. The highest BCUT2D eigenvalue weighted by atomic mass is 16.5. The summed E-state index contributed by atoms with van der Waals surface area (Å²) in [7, 11) is 0. The van der Waals surface area contributed by atoms with E-state index in [0.717, 1.165) is 12.5 Å². The third kappa shape index (κ3) is 1.18. The van der Waals surface area contributed by atoms with Gasteiger partial charge in [0.05, 0.1) is 24.4 Å². The summed E-state index contributed by atoms with van der Waals surface area (Å²) in [4.78, 5) is 0. The van der Waals surface area contributed by atoms with E-state index in [0.29, 0.717) is 12.2 Å². The zero-order valence-electron chi connectivity index (χ0n) is 9.21. The van der Waals surface area contributed by atoms with Crippen molar-refractivity contribution in [2.75, 3.05) is 6.61 Å². The van der Waals surface area contributed by atoms with E-state index in [1.807, 2.05) is 0 Å². The SMILES string of the molecule is C1OC2CCC(C34CCC(CC3)O4)[C]1C2. The van der Waals surface area contributed by atoms with Crippen molar-refractivity contribution >= 4 is 0 Å². The molecule has 4 rings (SSSR count). The molecule has 3 heterocycles. The molecule has 1 aliphatic carbocycles. The highest BCUT2D eigenvalue weighted by molar-refractivity contribution is 5.16. The van der Waals surface area contributed by atoms with Crippen molar-refractivity contribution in [3.8, 4) is 0 Å². The van der Waals surface area contributed by atoms with Crippen molar-refractivity contribution in [1.29, 1.82) is 0 Å². The molecule has 1 radical (unpaired) electrons. The summed E-state index contributed by atoms with van der Waals surface area (Å²) >= 11 is 0. The van der Waals surface area contributed by atoms with Crippen LogP contribution in [0.2, 0.25) is 0 Å². The molecule has 4 fully saturated rings. The Morgan fingerprint density at radius 1 is 1.00 bits per heavy atom. The second-order valence-electron chi connectivity index (χ2n) is 5.81. The molecule has 0 aromatic rings. The van der Waals surface area contributed by atoms with Gasteiger partial charge < -0.3 is 9.47 Å². The molecule has 83 valence electrons.